The fourth-order valence-corrected chi connectivity index (χ4v) is 4.61. The second kappa shape index (κ2) is 7.89. The third-order valence-corrected chi connectivity index (χ3v) is 6.82. The number of nitrogens with zero attached hydrogens (tertiary/aromatic N) is 4. The minimum Gasteiger partial charge on any atom is -0.493 e. The summed E-state index contributed by atoms with van der Waals surface area (Å²) in [5.74, 6) is -1.48. The summed E-state index contributed by atoms with van der Waals surface area (Å²) < 4.78 is 42.2. The average molecular weight is 447 g/mol. The zero-order valence-corrected chi connectivity index (χ0v) is 17.9. The van der Waals surface area contributed by atoms with Gasteiger partial charge in [-0.25, -0.2) is 22.5 Å². The lowest BCUT2D eigenvalue weighted by Crippen LogP contribution is -2.39. The van der Waals surface area contributed by atoms with Crippen molar-refractivity contribution in [2.75, 3.05) is 13.6 Å². The molecule has 1 amide bonds. The Morgan fingerprint density at radius 1 is 1.26 bits per heavy atom. The van der Waals surface area contributed by atoms with E-state index in [1.165, 1.54) is 22.5 Å². The predicted molar refractivity (Wildman–Crippen MR) is 110 cm³/mol. The summed E-state index contributed by atoms with van der Waals surface area (Å²) in [5, 5.41) is 14.6. The maximum atomic E-state index is 14.5. The molecule has 1 saturated heterocycles. The molecular formula is C20H22FN5O4S. The number of likely N-dealkylation sites (tertiary alicyclic amines) is 1. The van der Waals surface area contributed by atoms with Gasteiger partial charge in [-0.2, -0.15) is 9.61 Å². The van der Waals surface area contributed by atoms with Crippen molar-refractivity contribution in [3.63, 3.8) is 0 Å². The first-order chi connectivity index (χ1) is 14.7. The van der Waals surface area contributed by atoms with Crippen LogP contribution in [-0.4, -0.2) is 52.5 Å². The van der Waals surface area contributed by atoms with Crippen molar-refractivity contribution in [2.24, 2.45) is 0 Å². The molecule has 0 aliphatic carbocycles. The number of carbonyl (C=O) groups is 1. The van der Waals surface area contributed by atoms with Gasteiger partial charge in [-0.05, 0) is 51.4 Å². The quantitative estimate of drug-likeness (QED) is 0.633. The molecule has 0 bridgehead atoms. The van der Waals surface area contributed by atoms with Gasteiger partial charge in [0.05, 0.1) is 22.2 Å². The van der Waals surface area contributed by atoms with Gasteiger partial charge in [-0.15, -0.1) is 0 Å². The van der Waals surface area contributed by atoms with Crippen LogP contribution in [0.15, 0.2) is 35.2 Å². The Bertz CT molecular complexity index is 1270. The first-order valence-electron chi connectivity index (χ1n) is 9.81. The Morgan fingerprint density at radius 2 is 2.03 bits per heavy atom. The van der Waals surface area contributed by atoms with Crippen LogP contribution in [0.2, 0.25) is 0 Å². The van der Waals surface area contributed by atoms with Gasteiger partial charge >= 0.3 is 0 Å². The third kappa shape index (κ3) is 3.86. The minimum absolute atomic E-state index is 0.0709. The van der Waals surface area contributed by atoms with Crippen molar-refractivity contribution in [3.8, 4) is 5.88 Å². The van der Waals surface area contributed by atoms with Crippen LogP contribution in [0.4, 0.5) is 4.39 Å². The van der Waals surface area contributed by atoms with Crippen LogP contribution in [-0.2, 0) is 10.0 Å². The highest BCUT2D eigenvalue weighted by atomic mass is 32.2. The molecular weight excluding hydrogens is 425 g/mol. The fourth-order valence-electron chi connectivity index (χ4n) is 3.85. The van der Waals surface area contributed by atoms with Gasteiger partial charge in [0.1, 0.15) is 5.82 Å². The molecule has 1 aliphatic heterocycles. The Kier molecular flexibility index (Phi) is 5.40. The Morgan fingerprint density at radius 3 is 2.77 bits per heavy atom. The van der Waals surface area contributed by atoms with E-state index >= 15 is 0 Å². The molecule has 1 unspecified atom stereocenters. The lowest BCUT2D eigenvalue weighted by Gasteiger charge is -2.35. The summed E-state index contributed by atoms with van der Waals surface area (Å²) in [4.78, 5) is 18.9. The molecule has 3 heterocycles. The van der Waals surface area contributed by atoms with Crippen molar-refractivity contribution < 1.29 is 22.7 Å². The van der Waals surface area contributed by atoms with Crippen molar-refractivity contribution in [2.45, 2.75) is 37.1 Å². The molecule has 0 saturated carbocycles. The van der Waals surface area contributed by atoms with Crippen molar-refractivity contribution >= 4 is 21.6 Å². The van der Waals surface area contributed by atoms with Gasteiger partial charge in [0.25, 0.3) is 5.91 Å². The summed E-state index contributed by atoms with van der Waals surface area (Å²) in [6, 6.07) is 5.87. The standard InChI is InChI=1S/C20H22FN5O4S/c1-12-9-19(27)26-18(23-12)11-16(24-26)17-5-3-4-8-25(17)20(28)14-10-13(6-7-15(14)21)31(29,30)22-2/h6-7,9-11,17,22,27H,3-5,8H2,1-2H3. The number of carbonyl (C=O) groups excluding carboxylic acids is 1. The number of sulfonamides is 1. The summed E-state index contributed by atoms with van der Waals surface area (Å²) >= 11 is 0. The number of nitrogens with one attached hydrogen (secondary N) is 1. The molecule has 9 nitrogen and oxygen atoms in total. The van der Waals surface area contributed by atoms with E-state index < -0.39 is 27.8 Å². The number of hydrogen-bond acceptors (Lipinski definition) is 6. The number of aromatic nitrogens is 3. The highest BCUT2D eigenvalue weighted by Crippen LogP contribution is 2.33. The number of fused-ring (bicyclic) bond motifs is 1. The number of piperidine rings is 1. The van der Waals surface area contributed by atoms with Crippen molar-refractivity contribution in [3.05, 3.63) is 53.1 Å². The zero-order valence-electron chi connectivity index (χ0n) is 17.0. The molecule has 0 spiro atoms. The molecule has 1 atom stereocenters. The van der Waals surface area contributed by atoms with Crippen LogP contribution in [0, 0.1) is 12.7 Å². The molecule has 1 aliphatic rings. The highest BCUT2D eigenvalue weighted by Gasteiger charge is 2.32. The maximum Gasteiger partial charge on any atom is 0.257 e. The van der Waals surface area contributed by atoms with Gasteiger partial charge in [0, 0.05) is 24.4 Å². The summed E-state index contributed by atoms with van der Waals surface area (Å²) in [6.45, 7) is 2.12. The van der Waals surface area contributed by atoms with Crippen molar-refractivity contribution in [1.82, 2.24) is 24.2 Å². The molecule has 3 aromatic rings. The molecule has 2 aromatic heterocycles. The maximum absolute atomic E-state index is 14.5. The Labute approximate surface area is 178 Å². The second-order valence-electron chi connectivity index (χ2n) is 7.45. The van der Waals surface area contributed by atoms with E-state index in [2.05, 4.69) is 14.8 Å². The van der Waals surface area contributed by atoms with Gasteiger partial charge in [-0.3, -0.25) is 4.79 Å². The number of amides is 1. The van der Waals surface area contributed by atoms with E-state index in [1.54, 1.807) is 13.0 Å². The molecule has 1 fully saturated rings. The SMILES string of the molecule is CNS(=O)(=O)c1ccc(F)c(C(=O)N2CCCCC2c2cc3nc(C)cc(O)n3n2)c1. The number of benzene rings is 1. The largest absolute Gasteiger partial charge is 0.493 e. The first-order valence-corrected chi connectivity index (χ1v) is 11.3. The van der Waals surface area contributed by atoms with E-state index in [1.807, 2.05) is 0 Å². The Hall–Kier alpha value is -3.05. The minimum atomic E-state index is -3.83. The molecule has 1 aromatic carbocycles. The van der Waals surface area contributed by atoms with Crippen LogP contribution in [0.25, 0.3) is 5.65 Å². The number of halogens is 1. The molecule has 31 heavy (non-hydrogen) atoms. The van der Waals surface area contributed by atoms with Gasteiger partial charge < -0.3 is 10.0 Å². The number of hydrogen-bond donors (Lipinski definition) is 2. The van der Waals surface area contributed by atoms with Gasteiger partial charge in [0.2, 0.25) is 15.9 Å². The van der Waals surface area contributed by atoms with Crippen LogP contribution < -0.4 is 4.72 Å². The summed E-state index contributed by atoms with van der Waals surface area (Å²) in [6.07, 6.45) is 2.18. The zero-order chi connectivity index (χ0) is 22.3. The number of rotatable bonds is 4. The number of aromatic hydroxyl groups is 1. The normalized spacial score (nSPS) is 17.3. The molecule has 11 heteroatoms. The predicted octanol–water partition coefficient (Wildman–Crippen LogP) is 2.16. The van der Waals surface area contributed by atoms with E-state index in [9.17, 15) is 22.7 Å². The fraction of sp³-hybridized carbons (Fsp3) is 0.350. The third-order valence-electron chi connectivity index (χ3n) is 5.41. The lowest BCUT2D eigenvalue weighted by atomic mass is 9.98. The lowest BCUT2D eigenvalue weighted by molar-refractivity contribution is 0.0600. The highest BCUT2D eigenvalue weighted by molar-refractivity contribution is 7.89. The first kappa shape index (κ1) is 21.2. The van der Waals surface area contributed by atoms with Crippen LogP contribution in [0.5, 0.6) is 5.88 Å². The van der Waals surface area contributed by atoms with E-state index in [0.717, 1.165) is 31.0 Å². The molecule has 4 rings (SSSR count). The smallest absolute Gasteiger partial charge is 0.257 e. The Balaban J connectivity index is 1.74. The number of aryl methyl sites for hydroxylation is 1. The topological polar surface area (TPSA) is 117 Å². The molecule has 164 valence electrons. The van der Waals surface area contributed by atoms with Gasteiger partial charge in [-0.1, -0.05) is 0 Å². The molecule has 2 N–H and O–H groups in total. The van der Waals surface area contributed by atoms with Crippen molar-refractivity contribution in [1.29, 1.82) is 0 Å². The summed E-state index contributed by atoms with van der Waals surface area (Å²) in [7, 11) is -2.59. The van der Waals surface area contributed by atoms with E-state index in [-0.39, 0.29) is 16.3 Å². The van der Waals surface area contributed by atoms with Crippen LogP contribution in [0.1, 0.15) is 47.1 Å². The van der Waals surface area contributed by atoms with Crippen LogP contribution >= 0.6 is 0 Å². The van der Waals surface area contributed by atoms with Gasteiger partial charge in [0.15, 0.2) is 5.65 Å². The summed E-state index contributed by atoms with van der Waals surface area (Å²) in [5.41, 5.74) is 1.28. The monoisotopic (exact) mass is 447 g/mol. The molecule has 0 radical (unpaired) electrons. The van der Waals surface area contributed by atoms with E-state index in [0.29, 0.717) is 30.0 Å². The van der Waals surface area contributed by atoms with Crippen LogP contribution in [0.3, 0.4) is 0 Å². The second-order valence-corrected chi connectivity index (χ2v) is 9.34. The average Bonchev–Trinajstić information content (AvgIpc) is 3.17. The van der Waals surface area contributed by atoms with E-state index in [4.69, 9.17) is 0 Å².